The lowest BCUT2D eigenvalue weighted by Crippen LogP contribution is -2.20. The Morgan fingerprint density at radius 1 is 0.964 bits per heavy atom. The van der Waals surface area contributed by atoms with Crippen LogP contribution in [0.4, 0.5) is 5.69 Å². The second-order valence-electron chi connectivity index (χ2n) is 6.19. The molecular formula is C22H19ClN2O3. The molecule has 0 aromatic heterocycles. The standard InChI is InChI=1S/C22H19ClN2O3/c23-18-8-11-20(17(13-18)12-15-4-2-1-3-5-15)28-14-21(26)25-19-9-6-16(7-10-19)22(24)27/h1-11,13H,12,14H2,(H2,24,27)(H,25,26). The number of halogens is 1. The van der Waals surface area contributed by atoms with Gasteiger partial charge in [0, 0.05) is 22.7 Å². The van der Waals surface area contributed by atoms with Crippen molar-refractivity contribution < 1.29 is 14.3 Å². The van der Waals surface area contributed by atoms with Gasteiger partial charge in [-0.3, -0.25) is 9.59 Å². The van der Waals surface area contributed by atoms with Gasteiger partial charge in [-0.1, -0.05) is 41.9 Å². The Bertz CT molecular complexity index is 973. The fraction of sp³-hybridized carbons (Fsp3) is 0.0909. The lowest BCUT2D eigenvalue weighted by Gasteiger charge is -2.12. The highest BCUT2D eigenvalue weighted by atomic mass is 35.5. The van der Waals surface area contributed by atoms with Crippen molar-refractivity contribution in [2.24, 2.45) is 5.73 Å². The number of nitrogens with two attached hydrogens (primary N) is 1. The van der Waals surface area contributed by atoms with Crippen LogP contribution in [0.2, 0.25) is 5.02 Å². The Labute approximate surface area is 168 Å². The van der Waals surface area contributed by atoms with Crippen molar-refractivity contribution in [1.82, 2.24) is 0 Å². The van der Waals surface area contributed by atoms with Gasteiger partial charge in [-0.25, -0.2) is 0 Å². The lowest BCUT2D eigenvalue weighted by atomic mass is 10.0. The molecule has 0 saturated carbocycles. The van der Waals surface area contributed by atoms with E-state index in [1.807, 2.05) is 36.4 Å². The predicted octanol–water partition coefficient (Wildman–Crippen LogP) is 4.05. The molecule has 0 aliphatic heterocycles. The van der Waals surface area contributed by atoms with Crippen LogP contribution in [-0.4, -0.2) is 18.4 Å². The van der Waals surface area contributed by atoms with Crippen molar-refractivity contribution in [2.45, 2.75) is 6.42 Å². The highest BCUT2D eigenvalue weighted by Gasteiger charge is 2.10. The number of hydrogen-bond acceptors (Lipinski definition) is 3. The monoisotopic (exact) mass is 394 g/mol. The van der Waals surface area contributed by atoms with Crippen LogP contribution in [0.3, 0.4) is 0 Å². The van der Waals surface area contributed by atoms with Crippen molar-refractivity contribution in [3.05, 3.63) is 94.5 Å². The maximum atomic E-state index is 12.2. The fourth-order valence-electron chi connectivity index (χ4n) is 2.70. The van der Waals surface area contributed by atoms with Crippen LogP contribution in [0.1, 0.15) is 21.5 Å². The summed E-state index contributed by atoms with van der Waals surface area (Å²) in [4.78, 5) is 23.3. The van der Waals surface area contributed by atoms with Crippen LogP contribution < -0.4 is 15.8 Å². The van der Waals surface area contributed by atoms with Crippen molar-refractivity contribution in [1.29, 1.82) is 0 Å². The first-order valence-electron chi connectivity index (χ1n) is 8.66. The molecule has 3 N–H and O–H groups in total. The Morgan fingerprint density at radius 3 is 2.36 bits per heavy atom. The quantitative estimate of drug-likeness (QED) is 0.634. The Morgan fingerprint density at radius 2 is 1.68 bits per heavy atom. The molecule has 0 unspecified atom stereocenters. The molecule has 3 rings (SSSR count). The highest BCUT2D eigenvalue weighted by Crippen LogP contribution is 2.25. The van der Waals surface area contributed by atoms with Crippen molar-refractivity contribution >= 4 is 29.1 Å². The first kappa shape index (κ1) is 19.5. The van der Waals surface area contributed by atoms with Crippen LogP contribution in [0.25, 0.3) is 0 Å². The second kappa shape index (κ2) is 9.06. The molecule has 3 aromatic rings. The highest BCUT2D eigenvalue weighted by molar-refractivity contribution is 6.30. The number of nitrogens with one attached hydrogen (secondary N) is 1. The average Bonchev–Trinajstić information content (AvgIpc) is 2.68. The Hall–Kier alpha value is -3.31. The van der Waals surface area contributed by atoms with Gasteiger partial charge in [-0.15, -0.1) is 0 Å². The average molecular weight is 395 g/mol. The molecule has 2 amide bonds. The minimum absolute atomic E-state index is 0.152. The van der Waals surface area contributed by atoms with Gasteiger partial charge >= 0.3 is 0 Å². The summed E-state index contributed by atoms with van der Waals surface area (Å²) >= 11 is 6.12. The van der Waals surface area contributed by atoms with Gasteiger partial charge in [-0.05, 0) is 53.6 Å². The Kier molecular flexibility index (Phi) is 6.29. The molecule has 0 aliphatic carbocycles. The summed E-state index contributed by atoms with van der Waals surface area (Å²) in [5.41, 5.74) is 8.15. The van der Waals surface area contributed by atoms with Gasteiger partial charge < -0.3 is 15.8 Å². The molecule has 0 bridgehead atoms. The lowest BCUT2D eigenvalue weighted by molar-refractivity contribution is -0.118. The number of primary amides is 1. The van der Waals surface area contributed by atoms with E-state index in [2.05, 4.69) is 5.32 Å². The third kappa shape index (κ3) is 5.34. The van der Waals surface area contributed by atoms with Gasteiger partial charge in [0.25, 0.3) is 5.91 Å². The number of carbonyl (C=O) groups is 2. The zero-order chi connectivity index (χ0) is 19.9. The zero-order valence-electron chi connectivity index (χ0n) is 15.0. The molecular weight excluding hydrogens is 376 g/mol. The number of amides is 2. The molecule has 0 atom stereocenters. The normalized spacial score (nSPS) is 10.3. The van der Waals surface area contributed by atoms with Crippen LogP contribution in [0.5, 0.6) is 5.75 Å². The van der Waals surface area contributed by atoms with Gasteiger partial charge in [0.05, 0.1) is 0 Å². The van der Waals surface area contributed by atoms with E-state index < -0.39 is 5.91 Å². The molecule has 0 heterocycles. The molecule has 3 aromatic carbocycles. The Balaban J connectivity index is 1.63. The van der Waals surface area contributed by atoms with Crippen molar-refractivity contribution in [3.8, 4) is 5.75 Å². The number of hydrogen-bond donors (Lipinski definition) is 2. The van der Waals surface area contributed by atoms with E-state index in [9.17, 15) is 9.59 Å². The van der Waals surface area contributed by atoms with Crippen LogP contribution >= 0.6 is 11.6 Å². The maximum absolute atomic E-state index is 12.2. The summed E-state index contributed by atoms with van der Waals surface area (Å²) < 4.78 is 5.72. The largest absolute Gasteiger partial charge is 0.483 e. The van der Waals surface area contributed by atoms with E-state index in [0.717, 1.165) is 11.1 Å². The number of benzene rings is 3. The molecule has 0 saturated heterocycles. The van der Waals surface area contributed by atoms with E-state index in [-0.39, 0.29) is 12.5 Å². The SMILES string of the molecule is NC(=O)c1ccc(NC(=O)COc2ccc(Cl)cc2Cc2ccccc2)cc1. The van der Waals surface area contributed by atoms with Crippen LogP contribution in [-0.2, 0) is 11.2 Å². The summed E-state index contributed by atoms with van der Waals surface area (Å²) in [6.45, 7) is -0.152. The first-order chi connectivity index (χ1) is 13.5. The maximum Gasteiger partial charge on any atom is 0.262 e. The molecule has 0 aliphatic rings. The van der Waals surface area contributed by atoms with Gasteiger partial charge in [0.15, 0.2) is 6.61 Å². The third-order valence-electron chi connectivity index (χ3n) is 4.07. The molecule has 0 radical (unpaired) electrons. The van der Waals surface area contributed by atoms with E-state index in [1.54, 1.807) is 36.4 Å². The zero-order valence-corrected chi connectivity index (χ0v) is 15.8. The number of ether oxygens (including phenoxy) is 1. The molecule has 0 fully saturated rings. The second-order valence-corrected chi connectivity index (χ2v) is 6.63. The topological polar surface area (TPSA) is 81.4 Å². The summed E-state index contributed by atoms with van der Waals surface area (Å²) in [5, 5.41) is 3.33. The van der Waals surface area contributed by atoms with Gasteiger partial charge in [-0.2, -0.15) is 0 Å². The first-order valence-corrected chi connectivity index (χ1v) is 9.04. The van der Waals surface area contributed by atoms with Crippen LogP contribution in [0, 0.1) is 0 Å². The van der Waals surface area contributed by atoms with E-state index in [4.69, 9.17) is 22.1 Å². The molecule has 6 heteroatoms. The van der Waals surface area contributed by atoms with E-state index in [0.29, 0.717) is 28.4 Å². The summed E-state index contributed by atoms with van der Waals surface area (Å²) in [5.74, 6) is -0.227. The van der Waals surface area contributed by atoms with Gasteiger partial charge in [0.1, 0.15) is 5.75 Å². The smallest absolute Gasteiger partial charge is 0.262 e. The number of carbonyl (C=O) groups excluding carboxylic acids is 2. The number of anilines is 1. The summed E-state index contributed by atoms with van der Waals surface area (Å²) in [6, 6.07) is 21.6. The van der Waals surface area contributed by atoms with Crippen LogP contribution in [0.15, 0.2) is 72.8 Å². The fourth-order valence-corrected chi connectivity index (χ4v) is 2.90. The minimum atomic E-state index is -0.519. The molecule has 28 heavy (non-hydrogen) atoms. The molecule has 5 nitrogen and oxygen atoms in total. The van der Waals surface area contributed by atoms with E-state index >= 15 is 0 Å². The van der Waals surface area contributed by atoms with Crippen molar-refractivity contribution in [3.63, 3.8) is 0 Å². The predicted molar refractivity (Wildman–Crippen MR) is 110 cm³/mol. The third-order valence-corrected chi connectivity index (χ3v) is 4.31. The van der Waals surface area contributed by atoms with Crippen molar-refractivity contribution in [2.75, 3.05) is 11.9 Å². The van der Waals surface area contributed by atoms with E-state index in [1.165, 1.54) is 0 Å². The summed E-state index contributed by atoms with van der Waals surface area (Å²) in [7, 11) is 0. The molecule has 142 valence electrons. The number of rotatable bonds is 7. The minimum Gasteiger partial charge on any atom is -0.483 e. The van der Waals surface area contributed by atoms with Gasteiger partial charge in [0.2, 0.25) is 5.91 Å². The molecule has 0 spiro atoms. The summed E-state index contributed by atoms with van der Waals surface area (Å²) in [6.07, 6.45) is 0.646.